The maximum atomic E-state index is 9.90. The molecule has 100 valence electrons. The number of aliphatic hydroxyl groups is 5. The lowest BCUT2D eigenvalue weighted by Crippen LogP contribution is -2.46. The van der Waals surface area contributed by atoms with E-state index in [4.69, 9.17) is 25.5 Å². The van der Waals surface area contributed by atoms with Crippen molar-refractivity contribution >= 4 is 12.2 Å². The van der Waals surface area contributed by atoms with Crippen LogP contribution < -0.4 is 5.73 Å². The first-order valence-corrected chi connectivity index (χ1v) is 4.52. The van der Waals surface area contributed by atoms with Crippen LogP contribution >= 0.6 is 0 Å². The Morgan fingerprint density at radius 3 is 1.88 bits per heavy atom. The summed E-state index contributed by atoms with van der Waals surface area (Å²) >= 11 is 0. The van der Waals surface area contributed by atoms with E-state index in [1.54, 1.807) is 0 Å². The maximum Gasteiger partial charge on any atom is 0.240 e. The van der Waals surface area contributed by atoms with Crippen molar-refractivity contribution in [3.63, 3.8) is 0 Å². The van der Waals surface area contributed by atoms with Crippen molar-refractivity contribution in [2.75, 3.05) is 6.61 Å². The molecule has 0 heterocycles. The Morgan fingerprint density at radius 2 is 1.65 bits per heavy atom. The Kier molecular flexibility index (Phi) is 10.5. The molecule has 0 saturated heterocycles. The van der Waals surface area contributed by atoms with E-state index >= 15 is 0 Å². The third-order valence-electron chi connectivity index (χ3n) is 1.62. The summed E-state index contributed by atoms with van der Waals surface area (Å²) in [6, 6.07) is 0. The largest absolute Gasteiger partial charge is 0.394 e. The summed E-state index contributed by atoms with van der Waals surface area (Å²) in [6.45, 7) is 2.33. The SMILES string of the molecule is C=CC(N)=O.O=C[C@H](O)[C@H](O)[C@@H](O)[C@H](O)CO. The van der Waals surface area contributed by atoms with Crippen LogP contribution in [0.4, 0.5) is 0 Å². The Bertz CT molecular complexity index is 245. The molecular formula is C9H17NO7. The molecule has 0 aliphatic heterocycles. The number of carbonyl (C=O) groups is 2. The standard InChI is InChI=1S/C6H12O6.C3H5NO/c7-1-3(9)5(11)6(12)4(10)2-8;1-2-3(4)5/h1,3-6,8-12H,2H2;2H,1H2,(H2,4,5)/t3-,4+,5-,6-;/m0./s1. The molecule has 0 radical (unpaired) electrons. The molecule has 0 aromatic heterocycles. The molecular weight excluding hydrogens is 234 g/mol. The first-order valence-electron chi connectivity index (χ1n) is 4.52. The summed E-state index contributed by atoms with van der Waals surface area (Å²) in [5.74, 6) is -0.481. The Morgan fingerprint density at radius 1 is 1.24 bits per heavy atom. The Hall–Kier alpha value is -1.32. The average Bonchev–Trinajstić information content (AvgIpc) is 2.35. The van der Waals surface area contributed by atoms with E-state index in [0.29, 0.717) is 0 Å². The Labute approximate surface area is 97.6 Å². The van der Waals surface area contributed by atoms with Crippen molar-refractivity contribution in [2.24, 2.45) is 5.73 Å². The van der Waals surface area contributed by atoms with E-state index in [1.165, 1.54) is 0 Å². The predicted octanol–water partition coefficient (Wildman–Crippen LogP) is -3.72. The highest BCUT2D eigenvalue weighted by Gasteiger charge is 2.29. The molecule has 0 aliphatic rings. The number of hydrogen-bond acceptors (Lipinski definition) is 7. The molecule has 0 fully saturated rings. The molecule has 0 saturated carbocycles. The van der Waals surface area contributed by atoms with Crippen LogP contribution in [0.5, 0.6) is 0 Å². The summed E-state index contributed by atoms with van der Waals surface area (Å²) in [6.07, 6.45) is -5.78. The van der Waals surface area contributed by atoms with Gasteiger partial charge in [0.15, 0.2) is 6.29 Å². The zero-order valence-electron chi connectivity index (χ0n) is 9.01. The molecule has 1 amide bonds. The second kappa shape index (κ2) is 9.87. The number of primary amides is 1. The highest BCUT2D eigenvalue weighted by atomic mass is 16.4. The molecule has 8 heteroatoms. The van der Waals surface area contributed by atoms with E-state index in [2.05, 4.69) is 12.3 Å². The van der Waals surface area contributed by atoms with Crippen LogP contribution in [0.1, 0.15) is 0 Å². The van der Waals surface area contributed by atoms with Gasteiger partial charge in [0.05, 0.1) is 6.61 Å². The number of nitrogens with two attached hydrogens (primary N) is 1. The van der Waals surface area contributed by atoms with Crippen molar-refractivity contribution in [1.29, 1.82) is 0 Å². The van der Waals surface area contributed by atoms with E-state index < -0.39 is 36.9 Å². The number of aldehydes is 1. The minimum Gasteiger partial charge on any atom is -0.394 e. The number of carbonyl (C=O) groups excluding carboxylic acids is 2. The van der Waals surface area contributed by atoms with Crippen LogP contribution in [0, 0.1) is 0 Å². The molecule has 0 spiro atoms. The van der Waals surface area contributed by atoms with Crippen molar-refractivity contribution in [2.45, 2.75) is 24.4 Å². The summed E-state index contributed by atoms with van der Waals surface area (Å²) in [7, 11) is 0. The van der Waals surface area contributed by atoms with Gasteiger partial charge in [-0.2, -0.15) is 0 Å². The van der Waals surface area contributed by atoms with Crippen LogP contribution in [-0.2, 0) is 9.59 Å². The fourth-order valence-corrected chi connectivity index (χ4v) is 0.618. The lowest BCUT2D eigenvalue weighted by Gasteiger charge is -2.22. The van der Waals surface area contributed by atoms with Gasteiger partial charge >= 0.3 is 0 Å². The lowest BCUT2D eigenvalue weighted by atomic mass is 10.0. The van der Waals surface area contributed by atoms with Gasteiger partial charge < -0.3 is 36.1 Å². The van der Waals surface area contributed by atoms with Gasteiger partial charge in [-0.05, 0) is 6.08 Å². The summed E-state index contributed by atoms with van der Waals surface area (Å²) in [5.41, 5.74) is 4.53. The van der Waals surface area contributed by atoms with Gasteiger partial charge in [-0.3, -0.25) is 4.79 Å². The third kappa shape index (κ3) is 8.48. The lowest BCUT2D eigenvalue weighted by molar-refractivity contribution is -0.136. The molecule has 0 unspecified atom stereocenters. The Balaban J connectivity index is 0. The van der Waals surface area contributed by atoms with Crippen LogP contribution in [0.3, 0.4) is 0 Å². The second-order valence-corrected chi connectivity index (χ2v) is 2.96. The van der Waals surface area contributed by atoms with E-state index in [1.807, 2.05) is 0 Å². The minimum absolute atomic E-state index is 0.0258. The smallest absolute Gasteiger partial charge is 0.240 e. The monoisotopic (exact) mass is 251 g/mol. The summed E-state index contributed by atoms with van der Waals surface area (Å²) in [4.78, 5) is 19.4. The zero-order chi connectivity index (χ0) is 14.0. The molecule has 7 N–H and O–H groups in total. The summed E-state index contributed by atoms with van der Waals surface area (Å²) in [5, 5.41) is 43.5. The minimum atomic E-state index is -1.79. The first-order chi connectivity index (χ1) is 7.81. The summed E-state index contributed by atoms with van der Waals surface area (Å²) < 4.78 is 0. The predicted molar refractivity (Wildman–Crippen MR) is 56.6 cm³/mol. The van der Waals surface area contributed by atoms with Gasteiger partial charge in [0.25, 0.3) is 0 Å². The number of hydrogen-bond donors (Lipinski definition) is 6. The van der Waals surface area contributed by atoms with Gasteiger partial charge in [0.1, 0.15) is 24.4 Å². The van der Waals surface area contributed by atoms with Gasteiger partial charge in [0, 0.05) is 0 Å². The quantitative estimate of drug-likeness (QED) is 0.209. The van der Waals surface area contributed by atoms with Gasteiger partial charge in [-0.25, -0.2) is 0 Å². The van der Waals surface area contributed by atoms with E-state index in [9.17, 15) is 9.59 Å². The third-order valence-corrected chi connectivity index (χ3v) is 1.62. The van der Waals surface area contributed by atoms with Gasteiger partial charge in [-0.1, -0.05) is 6.58 Å². The average molecular weight is 251 g/mol. The molecule has 4 atom stereocenters. The van der Waals surface area contributed by atoms with E-state index in [-0.39, 0.29) is 6.29 Å². The molecule has 0 aromatic rings. The normalized spacial score (nSPS) is 16.8. The molecule has 0 aromatic carbocycles. The first kappa shape index (κ1) is 18.1. The van der Waals surface area contributed by atoms with Crippen molar-refractivity contribution < 1.29 is 35.1 Å². The molecule has 17 heavy (non-hydrogen) atoms. The van der Waals surface area contributed by atoms with Crippen LogP contribution in [0.2, 0.25) is 0 Å². The molecule has 0 rings (SSSR count). The van der Waals surface area contributed by atoms with Crippen molar-refractivity contribution in [3.05, 3.63) is 12.7 Å². The molecule has 8 nitrogen and oxygen atoms in total. The number of aliphatic hydroxyl groups excluding tert-OH is 5. The van der Waals surface area contributed by atoms with Gasteiger partial charge in [0.2, 0.25) is 5.91 Å². The highest BCUT2D eigenvalue weighted by molar-refractivity contribution is 5.84. The van der Waals surface area contributed by atoms with Crippen LogP contribution in [-0.4, -0.2) is 68.7 Å². The fourth-order valence-electron chi connectivity index (χ4n) is 0.618. The molecule has 0 aliphatic carbocycles. The zero-order valence-corrected chi connectivity index (χ0v) is 9.01. The van der Waals surface area contributed by atoms with Gasteiger partial charge in [-0.15, -0.1) is 0 Å². The highest BCUT2D eigenvalue weighted by Crippen LogP contribution is 2.02. The number of rotatable bonds is 6. The second-order valence-electron chi connectivity index (χ2n) is 2.96. The van der Waals surface area contributed by atoms with E-state index in [0.717, 1.165) is 6.08 Å². The van der Waals surface area contributed by atoms with Crippen LogP contribution in [0.15, 0.2) is 12.7 Å². The van der Waals surface area contributed by atoms with Crippen molar-refractivity contribution in [3.8, 4) is 0 Å². The topological polar surface area (TPSA) is 161 Å². The number of amides is 1. The van der Waals surface area contributed by atoms with Crippen molar-refractivity contribution in [1.82, 2.24) is 0 Å². The van der Waals surface area contributed by atoms with Crippen LogP contribution in [0.25, 0.3) is 0 Å². The fraction of sp³-hybridized carbons (Fsp3) is 0.556. The molecule has 0 bridgehead atoms. The maximum absolute atomic E-state index is 9.90.